The molecule has 5 rings (SSSR count). The van der Waals surface area contributed by atoms with Crippen molar-refractivity contribution in [1.29, 1.82) is 0 Å². The Labute approximate surface area is 244 Å². The predicted molar refractivity (Wildman–Crippen MR) is 155 cm³/mol. The maximum atomic E-state index is 12.8. The van der Waals surface area contributed by atoms with Crippen LogP contribution in [-0.4, -0.2) is 76.2 Å². The topological polar surface area (TPSA) is 223 Å². The number of benzene rings is 1. The van der Waals surface area contributed by atoms with E-state index in [0.29, 0.717) is 68.4 Å². The SMILES string of the molecule is NC1CC(N)CN(c2nc(Nc3ccc(NC(=O)c4ccc(C(F)(F)F)[nH]c4=O)cc3)nc(N3CC(N)CC(N)C3)n2)C1. The molecule has 4 unspecified atom stereocenters. The smallest absolute Gasteiger partial charge is 0.338 e. The molecule has 2 fully saturated rings. The number of carbonyl (C=O) groups is 1. The average Bonchev–Trinajstić information content (AvgIpc) is 2.92. The van der Waals surface area contributed by atoms with Crippen molar-refractivity contribution in [2.24, 2.45) is 22.9 Å². The van der Waals surface area contributed by atoms with E-state index in [1.54, 1.807) is 29.2 Å². The maximum absolute atomic E-state index is 12.8. The Balaban J connectivity index is 1.34. The van der Waals surface area contributed by atoms with Crippen LogP contribution in [0.4, 0.5) is 42.4 Å². The lowest BCUT2D eigenvalue weighted by Crippen LogP contribution is -2.54. The van der Waals surface area contributed by atoms with Crippen LogP contribution >= 0.6 is 0 Å². The van der Waals surface area contributed by atoms with Crippen LogP contribution in [-0.2, 0) is 6.18 Å². The van der Waals surface area contributed by atoms with Crippen molar-refractivity contribution in [2.45, 2.75) is 43.2 Å². The maximum Gasteiger partial charge on any atom is 0.431 e. The molecule has 0 spiro atoms. The van der Waals surface area contributed by atoms with Crippen LogP contribution in [0.2, 0.25) is 0 Å². The number of amides is 1. The van der Waals surface area contributed by atoms with E-state index in [9.17, 15) is 22.8 Å². The first-order chi connectivity index (χ1) is 20.3. The molecule has 43 heavy (non-hydrogen) atoms. The number of pyridine rings is 1. The van der Waals surface area contributed by atoms with Gasteiger partial charge in [0.15, 0.2) is 0 Å². The molecule has 1 aromatic carbocycles. The molecule has 2 aromatic heterocycles. The summed E-state index contributed by atoms with van der Waals surface area (Å²) in [6.45, 7) is 2.08. The molecule has 2 aliphatic rings. The highest BCUT2D eigenvalue weighted by Crippen LogP contribution is 2.27. The largest absolute Gasteiger partial charge is 0.431 e. The van der Waals surface area contributed by atoms with Crippen molar-refractivity contribution in [2.75, 3.05) is 46.6 Å². The minimum absolute atomic E-state index is 0.141. The monoisotopic (exact) mass is 602 g/mol. The molecule has 4 atom stereocenters. The highest BCUT2D eigenvalue weighted by molar-refractivity contribution is 6.04. The fourth-order valence-electron chi connectivity index (χ4n) is 5.16. The normalized spacial score (nSPS) is 22.8. The zero-order valence-electron chi connectivity index (χ0n) is 23.0. The molecule has 17 heteroatoms. The molecule has 0 aliphatic carbocycles. The van der Waals surface area contributed by atoms with Crippen LogP contribution < -0.4 is 48.9 Å². The van der Waals surface area contributed by atoms with Crippen LogP contribution in [0.5, 0.6) is 0 Å². The standard InChI is InChI=1S/C26H33F3N12O2/c27-26(28,29)20-6-5-19(22(43)36-20)21(42)34-17-1-3-18(4-2-17)35-23-37-24(40-9-13(30)7-14(31)10-40)39-25(38-23)41-11-15(32)8-16(33)12-41/h1-6,13-16H,7-12,30-33H2,(H,34,42)(H,36,43)(H,35,37,38,39). The van der Waals surface area contributed by atoms with Crippen molar-refractivity contribution in [3.8, 4) is 0 Å². The molecule has 14 nitrogen and oxygen atoms in total. The molecule has 2 aliphatic heterocycles. The van der Waals surface area contributed by atoms with Crippen LogP contribution in [0.15, 0.2) is 41.2 Å². The summed E-state index contributed by atoms with van der Waals surface area (Å²) >= 11 is 0. The fourth-order valence-corrected chi connectivity index (χ4v) is 5.16. The van der Waals surface area contributed by atoms with Crippen molar-refractivity contribution in [3.63, 3.8) is 0 Å². The number of nitrogens with zero attached hydrogens (tertiary/aromatic N) is 5. The Morgan fingerprint density at radius 1 is 0.791 bits per heavy atom. The second kappa shape index (κ2) is 12.1. The predicted octanol–water partition coefficient (Wildman–Crippen LogP) is 0.304. The number of halogens is 3. The van der Waals surface area contributed by atoms with Crippen LogP contribution in [0.25, 0.3) is 0 Å². The summed E-state index contributed by atoms with van der Waals surface area (Å²) in [4.78, 5) is 44.0. The number of aromatic nitrogens is 4. The number of carbonyl (C=O) groups excluding carboxylic acids is 1. The van der Waals surface area contributed by atoms with E-state index in [1.807, 2.05) is 9.80 Å². The van der Waals surface area contributed by atoms with Crippen molar-refractivity contribution in [1.82, 2.24) is 19.9 Å². The first kappa shape index (κ1) is 30.1. The number of hydrogen-bond acceptors (Lipinski definition) is 12. The van der Waals surface area contributed by atoms with E-state index in [4.69, 9.17) is 27.9 Å². The molecule has 2 saturated heterocycles. The van der Waals surface area contributed by atoms with Crippen LogP contribution in [0, 0.1) is 0 Å². The quantitative estimate of drug-likeness (QED) is 0.202. The van der Waals surface area contributed by atoms with Gasteiger partial charge < -0.3 is 48.4 Å². The van der Waals surface area contributed by atoms with Gasteiger partial charge in [-0.25, -0.2) is 0 Å². The number of H-pyrrole nitrogens is 1. The zero-order chi connectivity index (χ0) is 30.9. The van der Waals surface area contributed by atoms with Crippen LogP contribution in [0.1, 0.15) is 28.9 Å². The summed E-state index contributed by atoms with van der Waals surface area (Å²) in [7, 11) is 0. The highest BCUT2D eigenvalue weighted by Gasteiger charge is 2.32. The number of nitrogens with two attached hydrogens (primary N) is 4. The summed E-state index contributed by atoms with van der Waals surface area (Å²) in [5.41, 5.74) is 22.8. The Hall–Kier alpha value is -4.32. The third-order valence-electron chi connectivity index (χ3n) is 7.07. The van der Waals surface area contributed by atoms with Gasteiger partial charge in [-0.15, -0.1) is 0 Å². The molecule has 0 saturated carbocycles. The molecule has 0 radical (unpaired) electrons. The first-order valence-electron chi connectivity index (χ1n) is 13.6. The van der Waals surface area contributed by atoms with Gasteiger partial charge in [-0.1, -0.05) is 0 Å². The van der Waals surface area contributed by atoms with Gasteiger partial charge in [0, 0.05) is 61.7 Å². The molecule has 1 amide bonds. The number of anilines is 5. The van der Waals surface area contributed by atoms with E-state index >= 15 is 0 Å². The van der Waals surface area contributed by atoms with E-state index < -0.39 is 28.9 Å². The van der Waals surface area contributed by atoms with Gasteiger partial charge in [0.2, 0.25) is 17.8 Å². The van der Waals surface area contributed by atoms with Crippen molar-refractivity contribution in [3.05, 3.63) is 58.0 Å². The summed E-state index contributed by atoms with van der Waals surface area (Å²) in [6.07, 6.45) is -3.37. The number of aromatic amines is 1. The number of hydrogen-bond donors (Lipinski definition) is 7. The highest BCUT2D eigenvalue weighted by atomic mass is 19.4. The number of piperidine rings is 2. The second-order valence-electron chi connectivity index (χ2n) is 10.8. The number of nitrogens with one attached hydrogen (secondary N) is 3. The first-order valence-corrected chi connectivity index (χ1v) is 13.6. The molecule has 230 valence electrons. The molecular weight excluding hydrogens is 569 g/mol. The summed E-state index contributed by atoms with van der Waals surface area (Å²) in [6, 6.07) is 7.27. The van der Waals surface area contributed by atoms with Crippen LogP contribution in [0.3, 0.4) is 0 Å². The van der Waals surface area contributed by atoms with E-state index in [0.717, 1.165) is 6.07 Å². The van der Waals surface area contributed by atoms with Gasteiger partial charge in [0.25, 0.3) is 11.5 Å². The molecule has 0 bridgehead atoms. The van der Waals surface area contributed by atoms with Gasteiger partial charge in [-0.3, -0.25) is 9.59 Å². The lowest BCUT2D eigenvalue weighted by Gasteiger charge is -2.37. The van der Waals surface area contributed by atoms with E-state index in [-0.39, 0.29) is 30.1 Å². The van der Waals surface area contributed by atoms with E-state index in [1.165, 1.54) is 0 Å². The van der Waals surface area contributed by atoms with Gasteiger partial charge in [-0.05, 0) is 49.2 Å². The van der Waals surface area contributed by atoms with Gasteiger partial charge in [-0.2, -0.15) is 28.1 Å². The van der Waals surface area contributed by atoms with Crippen molar-refractivity contribution < 1.29 is 18.0 Å². The number of rotatable bonds is 6. The van der Waals surface area contributed by atoms with E-state index in [2.05, 4.69) is 20.6 Å². The Morgan fingerprint density at radius 3 is 1.74 bits per heavy atom. The number of alkyl halides is 3. The molecule has 4 heterocycles. The third-order valence-corrected chi connectivity index (χ3v) is 7.07. The minimum Gasteiger partial charge on any atom is -0.338 e. The van der Waals surface area contributed by atoms with Gasteiger partial charge in [0.05, 0.1) is 0 Å². The zero-order valence-corrected chi connectivity index (χ0v) is 23.0. The molecule has 11 N–H and O–H groups in total. The second-order valence-corrected chi connectivity index (χ2v) is 10.8. The average molecular weight is 603 g/mol. The molecule has 3 aromatic rings. The van der Waals surface area contributed by atoms with Crippen molar-refractivity contribution >= 4 is 35.1 Å². The minimum atomic E-state index is -4.74. The summed E-state index contributed by atoms with van der Waals surface area (Å²) in [5.74, 6) is 0.180. The Bertz CT molecular complexity index is 1450. The van der Waals surface area contributed by atoms with Gasteiger partial charge in [0.1, 0.15) is 11.3 Å². The summed E-state index contributed by atoms with van der Waals surface area (Å²) in [5, 5.41) is 5.63. The lowest BCUT2D eigenvalue weighted by atomic mass is 10.0. The summed E-state index contributed by atoms with van der Waals surface area (Å²) < 4.78 is 38.5. The third kappa shape index (κ3) is 7.37. The lowest BCUT2D eigenvalue weighted by molar-refractivity contribution is -0.141. The Kier molecular flexibility index (Phi) is 8.50. The Morgan fingerprint density at radius 2 is 1.28 bits per heavy atom. The molecular formula is C26H33F3N12O2. The van der Waals surface area contributed by atoms with Gasteiger partial charge >= 0.3 is 6.18 Å². The fraction of sp³-hybridized carbons (Fsp3) is 0.423.